The Balaban J connectivity index is 0.00000225. The Labute approximate surface area is 105 Å². The molecule has 2 N–H and O–H groups in total. The van der Waals surface area contributed by atoms with Gasteiger partial charge in [0.2, 0.25) is 0 Å². The van der Waals surface area contributed by atoms with Crippen molar-refractivity contribution in [2.75, 3.05) is 6.54 Å². The van der Waals surface area contributed by atoms with Gasteiger partial charge in [0.1, 0.15) is 6.10 Å². The lowest BCUT2D eigenvalue weighted by molar-refractivity contribution is -0.154. The molecule has 0 aromatic rings. The normalized spacial score (nSPS) is 29.7. The number of rotatable bonds is 3. The van der Waals surface area contributed by atoms with Crippen LogP contribution in [0.2, 0.25) is 0 Å². The van der Waals surface area contributed by atoms with E-state index in [1.54, 1.807) is 0 Å². The monoisotopic (exact) mass is 249 g/mol. The molecule has 0 aliphatic heterocycles. The summed E-state index contributed by atoms with van der Waals surface area (Å²) in [6.45, 7) is 6.61. The Morgan fingerprint density at radius 1 is 1.44 bits per heavy atom. The Morgan fingerprint density at radius 3 is 2.56 bits per heavy atom. The van der Waals surface area contributed by atoms with Crippen molar-refractivity contribution >= 4 is 18.4 Å². The third kappa shape index (κ3) is 4.30. The van der Waals surface area contributed by atoms with Gasteiger partial charge in [-0.25, -0.2) is 0 Å². The number of nitrogens with two attached hydrogens (primary N) is 1. The zero-order valence-corrected chi connectivity index (χ0v) is 11.3. The van der Waals surface area contributed by atoms with Crippen LogP contribution < -0.4 is 5.73 Å². The Hall–Kier alpha value is -0.280. The average Bonchev–Trinajstić information content (AvgIpc) is 2.17. The van der Waals surface area contributed by atoms with E-state index in [1.807, 2.05) is 0 Å². The topological polar surface area (TPSA) is 52.3 Å². The van der Waals surface area contributed by atoms with Crippen molar-refractivity contribution in [2.45, 2.75) is 46.1 Å². The van der Waals surface area contributed by atoms with Crippen molar-refractivity contribution in [1.29, 1.82) is 0 Å². The van der Waals surface area contributed by atoms with E-state index in [-0.39, 0.29) is 31.0 Å². The second-order valence-corrected chi connectivity index (χ2v) is 5.06. The predicted molar refractivity (Wildman–Crippen MR) is 67.5 cm³/mol. The molecule has 1 aliphatic rings. The largest absolute Gasteiger partial charge is 0.461 e. The van der Waals surface area contributed by atoms with Crippen LogP contribution in [0.1, 0.15) is 40.0 Å². The molecule has 0 amide bonds. The summed E-state index contributed by atoms with van der Waals surface area (Å²) in [5.41, 5.74) is 5.27. The van der Waals surface area contributed by atoms with Crippen LogP contribution >= 0.6 is 12.4 Å². The van der Waals surface area contributed by atoms with Gasteiger partial charge in [0.25, 0.3) is 0 Å². The van der Waals surface area contributed by atoms with Crippen molar-refractivity contribution in [3.8, 4) is 0 Å². The summed E-state index contributed by atoms with van der Waals surface area (Å²) >= 11 is 0. The van der Waals surface area contributed by atoms with Gasteiger partial charge in [0, 0.05) is 0 Å². The molecule has 4 heteroatoms. The van der Waals surface area contributed by atoms with E-state index in [0.717, 1.165) is 6.42 Å². The number of carbonyl (C=O) groups is 1. The first-order chi connectivity index (χ1) is 7.04. The highest BCUT2D eigenvalue weighted by Gasteiger charge is 2.32. The maximum atomic E-state index is 11.2. The highest BCUT2D eigenvalue weighted by Crippen LogP contribution is 2.35. The number of esters is 1. The molecular weight excluding hydrogens is 226 g/mol. The molecule has 16 heavy (non-hydrogen) atoms. The summed E-state index contributed by atoms with van der Waals surface area (Å²) in [5, 5.41) is 0. The van der Waals surface area contributed by atoms with Crippen LogP contribution in [-0.4, -0.2) is 18.6 Å². The summed E-state index contributed by atoms with van der Waals surface area (Å²) in [6.07, 6.45) is 3.50. The number of carbonyl (C=O) groups excluding carboxylic acids is 1. The molecule has 0 saturated heterocycles. The van der Waals surface area contributed by atoms with Crippen molar-refractivity contribution in [2.24, 2.45) is 23.5 Å². The van der Waals surface area contributed by atoms with E-state index in [2.05, 4.69) is 20.8 Å². The number of ether oxygens (including phenoxy) is 1. The Bertz CT molecular complexity index is 221. The Morgan fingerprint density at radius 2 is 2.06 bits per heavy atom. The molecule has 3 atom stereocenters. The van der Waals surface area contributed by atoms with Crippen LogP contribution in [0.3, 0.4) is 0 Å². The summed E-state index contributed by atoms with van der Waals surface area (Å²) in [4.78, 5) is 11.2. The molecule has 0 aromatic carbocycles. The minimum atomic E-state index is -0.264. The first-order valence-corrected chi connectivity index (χ1v) is 5.94. The fourth-order valence-electron chi connectivity index (χ4n) is 2.47. The maximum Gasteiger partial charge on any atom is 0.319 e. The lowest BCUT2D eigenvalue weighted by atomic mass is 9.75. The number of hydrogen-bond donors (Lipinski definition) is 1. The summed E-state index contributed by atoms with van der Waals surface area (Å²) in [7, 11) is 0. The van der Waals surface area contributed by atoms with Crippen LogP contribution in [0.4, 0.5) is 0 Å². The molecule has 0 heterocycles. The van der Waals surface area contributed by atoms with E-state index in [1.165, 1.54) is 12.8 Å². The molecule has 0 bridgehead atoms. The van der Waals surface area contributed by atoms with Crippen molar-refractivity contribution in [3.05, 3.63) is 0 Å². The molecule has 96 valence electrons. The minimum Gasteiger partial charge on any atom is -0.461 e. The standard InChI is InChI=1S/C12H23NO2.ClH/c1-8(2)10-5-4-9(3)6-11(10)15-12(14)7-13;/h8-11H,4-7,13H2,1-3H3;1H/t9-,10+,11-;/m0./s1. The van der Waals surface area contributed by atoms with Gasteiger partial charge in [-0.15, -0.1) is 12.4 Å². The minimum absolute atomic E-state index is 0. The van der Waals surface area contributed by atoms with Gasteiger partial charge in [-0.05, 0) is 30.6 Å². The van der Waals surface area contributed by atoms with Crippen LogP contribution in [-0.2, 0) is 9.53 Å². The van der Waals surface area contributed by atoms with Crippen molar-refractivity contribution in [3.63, 3.8) is 0 Å². The van der Waals surface area contributed by atoms with Crippen LogP contribution in [0, 0.1) is 17.8 Å². The zero-order valence-electron chi connectivity index (χ0n) is 10.4. The average molecular weight is 250 g/mol. The molecule has 0 spiro atoms. The lowest BCUT2D eigenvalue weighted by Gasteiger charge is -2.36. The molecule has 3 nitrogen and oxygen atoms in total. The second-order valence-electron chi connectivity index (χ2n) is 5.06. The SMILES string of the molecule is CC(C)[C@H]1CC[C@H](C)C[C@@H]1OC(=O)CN.Cl. The summed E-state index contributed by atoms with van der Waals surface area (Å²) < 4.78 is 5.42. The molecule has 1 aliphatic carbocycles. The predicted octanol–water partition coefficient (Wildman–Crippen LogP) is 2.37. The van der Waals surface area contributed by atoms with Crippen molar-refractivity contribution < 1.29 is 9.53 Å². The van der Waals surface area contributed by atoms with Gasteiger partial charge in [-0.2, -0.15) is 0 Å². The third-order valence-corrected chi connectivity index (χ3v) is 3.41. The fourth-order valence-corrected chi connectivity index (χ4v) is 2.47. The molecule has 0 aromatic heterocycles. The van der Waals surface area contributed by atoms with E-state index in [9.17, 15) is 4.79 Å². The Kier molecular flexibility index (Phi) is 7.00. The van der Waals surface area contributed by atoms with E-state index < -0.39 is 0 Å². The maximum absolute atomic E-state index is 11.2. The van der Waals surface area contributed by atoms with Gasteiger partial charge < -0.3 is 10.5 Å². The van der Waals surface area contributed by atoms with Gasteiger partial charge in [0.15, 0.2) is 0 Å². The molecule has 1 saturated carbocycles. The van der Waals surface area contributed by atoms with E-state index in [0.29, 0.717) is 17.8 Å². The lowest BCUT2D eigenvalue weighted by Crippen LogP contribution is -2.37. The van der Waals surface area contributed by atoms with Crippen LogP contribution in [0.25, 0.3) is 0 Å². The van der Waals surface area contributed by atoms with Gasteiger partial charge >= 0.3 is 5.97 Å². The highest BCUT2D eigenvalue weighted by atomic mass is 35.5. The van der Waals surface area contributed by atoms with Crippen molar-refractivity contribution in [1.82, 2.24) is 0 Å². The summed E-state index contributed by atoms with van der Waals surface area (Å²) in [6, 6.07) is 0. The smallest absolute Gasteiger partial charge is 0.319 e. The number of halogens is 1. The summed E-state index contributed by atoms with van der Waals surface area (Å²) in [5.74, 6) is 1.49. The van der Waals surface area contributed by atoms with Gasteiger partial charge in [-0.1, -0.05) is 27.2 Å². The highest BCUT2D eigenvalue weighted by molar-refractivity contribution is 5.85. The molecule has 1 fully saturated rings. The van der Waals surface area contributed by atoms with E-state index in [4.69, 9.17) is 10.5 Å². The first kappa shape index (κ1) is 15.7. The number of hydrogen-bond acceptors (Lipinski definition) is 3. The molecular formula is C12H24ClNO2. The molecule has 0 unspecified atom stereocenters. The van der Waals surface area contributed by atoms with Gasteiger partial charge in [0.05, 0.1) is 6.54 Å². The quantitative estimate of drug-likeness (QED) is 0.782. The molecule has 0 radical (unpaired) electrons. The molecule has 1 rings (SSSR count). The third-order valence-electron chi connectivity index (χ3n) is 3.41. The fraction of sp³-hybridized carbons (Fsp3) is 0.917. The first-order valence-electron chi connectivity index (χ1n) is 5.94. The zero-order chi connectivity index (χ0) is 11.4. The van der Waals surface area contributed by atoms with Crippen LogP contribution in [0.15, 0.2) is 0 Å². The second kappa shape index (κ2) is 7.13. The van der Waals surface area contributed by atoms with Gasteiger partial charge in [-0.3, -0.25) is 4.79 Å². The van der Waals surface area contributed by atoms with Crippen LogP contribution in [0.5, 0.6) is 0 Å². The van der Waals surface area contributed by atoms with E-state index >= 15 is 0 Å².